The third-order valence-corrected chi connectivity index (χ3v) is 5.65. The largest absolute Gasteiger partial charge is 0.464 e. The van der Waals surface area contributed by atoms with E-state index >= 15 is 0 Å². The molecule has 1 saturated heterocycles. The summed E-state index contributed by atoms with van der Waals surface area (Å²) in [6.07, 6.45) is -3.59. The lowest BCUT2D eigenvalue weighted by atomic mass is 10.2. The molecule has 0 amide bonds. The molecule has 170 valence electrons. The van der Waals surface area contributed by atoms with E-state index in [2.05, 4.69) is 10.2 Å². The van der Waals surface area contributed by atoms with Crippen LogP contribution < -0.4 is 5.32 Å². The normalized spacial score (nSPS) is 15.1. The maximum atomic E-state index is 12.9. The molecule has 0 radical (unpaired) electrons. The average molecular weight is 476 g/mol. The Labute approximate surface area is 190 Å². The van der Waals surface area contributed by atoms with Crippen LogP contribution in [0.2, 0.25) is 5.02 Å². The summed E-state index contributed by atoms with van der Waals surface area (Å²) in [5, 5.41) is 3.32. The summed E-state index contributed by atoms with van der Waals surface area (Å²) in [5.74, 6) is 1.56. The van der Waals surface area contributed by atoms with Gasteiger partial charge < -0.3 is 19.4 Å². The Morgan fingerprint density at radius 1 is 1.23 bits per heavy atom. The van der Waals surface area contributed by atoms with E-state index in [0.717, 1.165) is 62.9 Å². The Balaban J connectivity index is 1.66. The van der Waals surface area contributed by atoms with Crippen LogP contribution in [0, 0.1) is 6.92 Å². The molecule has 0 unspecified atom stereocenters. The van der Waals surface area contributed by atoms with E-state index < -0.39 is 11.7 Å². The molecule has 5 nitrogen and oxygen atoms in total. The first-order valence-corrected chi connectivity index (χ1v) is 10.8. The molecule has 1 N–H and O–H groups in total. The molecule has 1 aliphatic heterocycles. The molecule has 1 fully saturated rings. The molecule has 0 bridgehead atoms. The van der Waals surface area contributed by atoms with Gasteiger partial charge in [0.1, 0.15) is 11.5 Å². The van der Waals surface area contributed by atoms with E-state index in [1.165, 1.54) is 6.07 Å². The number of nitrogens with zero attached hydrogens (tertiary/aromatic N) is 2. The van der Waals surface area contributed by atoms with Crippen molar-refractivity contribution in [2.24, 2.45) is 0 Å². The van der Waals surface area contributed by atoms with Gasteiger partial charge in [0.25, 0.3) is 0 Å². The maximum Gasteiger partial charge on any atom is 0.416 e. The molecule has 2 heterocycles. The summed E-state index contributed by atoms with van der Waals surface area (Å²) in [5.41, 5.74) is -0.476. The second-order valence-corrected chi connectivity index (χ2v) is 8.16. The fraction of sp³-hybridized carbons (Fsp3) is 0.476. The molecule has 0 atom stereocenters. The van der Waals surface area contributed by atoms with Crippen molar-refractivity contribution in [3.05, 3.63) is 52.4 Å². The molecule has 0 saturated carbocycles. The van der Waals surface area contributed by atoms with Crippen molar-refractivity contribution in [3.8, 4) is 0 Å². The number of thiocarbonyl (C=S) groups is 1. The Hall–Kier alpha value is -1.81. The van der Waals surface area contributed by atoms with Gasteiger partial charge in [-0.1, -0.05) is 11.6 Å². The SMILES string of the molecule is Cc1ccc(CN(CCCN2CCOCC2)C(=S)Nc2ccc(C(F)(F)F)cc2Cl)o1. The Morgan fingerprint density at radius 3 is 2.58 bits per heavy atom. The van der Waals surface area contributed by atoms with Crippen LogP contribution in [-0.4, -0.2) is 54.3 Å². The molecule has 1 aromatic carbocycles. The fourth-order valence-electron chi connectivity index (χ4n) is 3.31. The lowest BCUT2D eigenvalue weighted by Gasteiger charge is -2.29. The number of ether oxygens (including phenoxy) is 1. The predicted octanol–water partition coefficient (Wildman–Crippen LogP) is 5.18. The van der Waals surface area contributed by atoms with E-state index in [9.17, 15) is 13.2 Å². The van der Waals surface area contributed by atoms with Crippen molar-refractivity contribution in [3.63, 3.8) is 0 Å². The molecule has 3 rings (SSSR count). The first-order chi connectivity index (χ1) is 14.7. The third-order valence-electron chi connectivity index (χ3n) is 4.97. The highest BCUT2D eigenvalue weighted by Gasteiger charge is 2.31. The second-order valence-electron chi connectivity index (χ2n) is 7.36. The summed E-state index contributed by atoms with van der Waals surface area (Å²) in [7, 11) is 0. The number of benzene rings is 1. The third kappa shape index (κ3) is 7.10. The van der Waals surface area contributed by atoms with Crippen LogP contribution in [0.1, 0.15) is 23.5 Å². The first kappa shape index (κ1) is 23.8. The number of furan rings is 1. The van der Waals surface area contributed by atoms with Crippen LogP contribution in [0.25, 0.3) is 0 Å². The summed E-state index contributed by atoms with van der Waals surface area (Å²) < 4.78 is 49.7. The minimum Gasteiger partial charge on any atom is -0.464 e. The molecule has 0 spiro atoms. The minimum atomic E-state index is -4.45. The number of anilines is 1. The number of rotatable bonds is 7. The highest BCUT2D eigenvalue weighted by molar-refractivity contribution is 7.80. The van der Waals surface area contributed by atoms with Gasteiger partial charge in [-0.3, -0.25) is 4.90 Å². The Bertz CT molecular complexity index is 885. The van der Waals surface area contributed by atoms with Gasteiger partial charge in [0.05, 0.1) is 36.0 Å². The fourth-order valence-corrected chi connectivity index (χ4v) is 3.80. The van der Waals surface area contributed by atoms with Gasteiger partial charge in [-0.2, -0.15) is 13.2 Å². The molecule has 1 aromatic heterocycles. The number of aryl methyl sites for hydroxylation is 1. The van der Waals surface area contributed by atoms with Crippen LogP contribution in [0.5, 0.6) is 0 Å². The Morgan fingerprint density at radius 2 is 1.97 bits per heavy atom. The zero-order valence-electron chi connectivity index (χ0n) is 17.2. The molecule has 10 heteroatoms. The van der Waals surface area contributed by atoms with Gasteiger partial charge in [0.15, 0.2) is 5.11 Å². The van der Waals surface area contributed by atoms with Crippen LogP contribution in [0.4, 0.5) is 18.9 Å². The number of hydrogen-bond acceptors (Lipinski definition) is 4. The van der Waals surface area contributed by atoms with E-state index in [1.807, 2.05) is 24.0 Å². The minimum absolute atomic E-state index is 0.0423. The van der Waals surface area contributed by atoms with Crippen LogP contribution in [0.3, 0.4) is 0 Å². The van der Waals surface area contributed by atoms with E-state index in [-0.39, 0.29) is 5.02 Å². The number of morpholine rings is 1. The predicted molar refractivity (Wildman–Crippen MR) is 118 cm³/mol. The van der Waals surface area contributed by atoms with Gasteiger partial charge in [0, 0.05) is 26.2 Å². The standard InChI is InChI=1S/C21H25ClF3N3O2S/c1-15-3-5-17(30-15)14-28(8-2-7-27-9-11-29-12-10-27)20(31)26-19-6-4-16(13-18(19)22)21(23,24)25/h3-6,13H,2,7-12,14H2,1H3,(H,26,31). The van der Waals surface area contributed by atoms with Crippen LogP contribution in [-0.2, 0) is 17.5 Å². The number of halogens is 4. The van der Waals surface area contributed by atoms with Crippen molar-refractivity contribution in [1.29, 1.82) is 0 Å². The van der Waals surface area contributed by atoms with Gasteiger partial charge in [0.2, 0.25) is 0 Å². The van der Waals surface area contributed by atoms with Crippen LogP contribution >= 0.6 is 23.8 Å². The topological polar surface area (TPSA) is 40.9 Å². The van der Waals surface area contributed by atoms with Gasteiger partial charge >= 0.3 is 6.18 Å². The van der Waals surface area contributed by atoms with E-state index in [0.29, 0.717) is 23.9 Å². The molecular formula is C21H25ClF3N3O2S. The van der Waals surface area contributed by atoms with Crippen molar-refractivity contribution in [2.45, 2.75) is 26.1 Å². The number of hydrogen-bond donors (Lipinski definition) is 1. The first-order valence-electron chi connectivity index (χ1n) is 10.0. The zero-order valence-corrected chi connectivity index (χ0v) is 18.7. The molecule has 2 aromatic rings. The van der Waals surface area contributed by atoms with Gasteiger partial charge in [-0.15, -0.1) is 0 Å². The summed E-state index contributed by atoms with van der Waals surface area (Å²) >= 11 is 11.6. The summed E-state index contributed by atoms with van der Waals surface area (Å²) in [4.78, 5) is 4.27. The van der Waals surface area contributed by atoms with Crippen molar-refractivity contribution in [1.82, 2.24) is 9.80 Å². The zero-order chi connectivity index (χ0) is 22.4. The Kier molecular flexibility index (Phi) is 8.21. The highest BCUT2D eigenvalue weighted by atomic mass is 35.5. The van der Waals surface area contributed by atoms with Crippen molar-refractivity contribution < 1.29 is 22.3 Å². The lowest BCUT2D eigenvalue weighted by molar-refractivity contribution is -0.137. The van der Waals surface area contributed by atoms with Crippen molar-refractivity contribution in [2.75, 3.05) is 44.7 Å². The summed E-state index contributed by atoms with van der Waals surface area (Å²) in [6.45, 7) is 7.15. The molecular weight excluding hydrogens is 451 g/mol. The average Bonchev–Trinajstić information content (AvgIpc) is 3.13. The second kappa shape index (κ2) is 10.7. The van der Waals surface area contributed by atoms with Gasteiger partial charge in [-0.25, -0.2) is 0 Å². The monoisotopic (exact) mass is 475 g/mol. The van der Waals surface area contributed by atoms with Crippen LogP contribution in [0.15, 0.2) is 34.7 Å². The summed E-state index contributed by atoms with van der Waals surface area (Å²) in [6, 6.07) is 6.93. The lowest BCUT2D eigenvalue weighted by Crippen LogP contribution is -2.40. The van der Waals surface area contributed by atoms with Gasteiger partial charge in [-0.05, 0) is 55.9 Å². The quantitative estimate of drug-likeness (QED) is 0.556. The smallest absolute Gasteiger partial charge is 0.416 e. The van der Waals surface area contributed by atoms with E-state index in [1.54, 1.807) is 0 Å². The number of nitrogens with one attached hydrogen (secondary N) is 1. The molecule has 0 aliphatic carbocycles. The molecule has 31 heavy (non-hydrogen) atoms. The number of alkyl halides is 3. The van der Waals surface area contributed by atoms with E-state index in [4.69, 9.17) is 33.0 Å². The highest BCUT2D eigenvalue weighted by Crippen LogP contribution is 2.33. The van der Waals surface area contributed by atoms with Crippen molar-refractivity contribution >= 4 is 34.6 Å². The molecule has 1 aliphatic rings. The maximum absolute atomic E-state index is 12.9.